The first-order chi connectivity index (χ1) is 23.1. The Hall–Kier alpha value is -3.71. The number of likely N-dealkylation sites (tertiary alicyclic amines) is 3. The number of aromatic nitrogens is 3. The molecule has 48 heavy (non-hydrogen) atoms. The van der Waals surface area contributed by atoms with Crippen molar-refractivity contribution >= 4 is 23.1 Å². The molecule has 2 aromatic rings. The number of rotatable bonds is 10. The molecule has 3 fully saturated rings. The molecule has 0 saturated carbocycles. The third kappa shape index (κ3) is 7.62. The van der Waals surface area contributed by atoms with Crippen molar-refractivity contribution < 1.29 is 23.0 Å². The second-order valence-corrected chi connectivity index (χ2v) is 14.0. The summed E-state index contributed by atoms with van der Waals surface area (Å²) in [5.41, 5.74) is 0.842. The van der Waals surface area contributed by atoms with E-state index in [9.17, 15) is 4.79 Å². The van der Waals surface area contributed by atoms with E-state index in [1.54, 1.807) is 18.7 Å². The van der Waals surface area contributed by atoms with Crippen LogP contribution >= 0.6 is 0 Å². The van der Waals surface area contributed by atoms with Gasteiger partial charge < -0.3 is 19.7 Å². The third-order valence-electron chi connectivity index (χ3n) is 9.76. The number of nitrogens with zero attached hydrogens (tertiary/aromatic N) is 6. The maximum absolute atomic E-state index is 16.1. The summed E-state index contributed by atoms with van der Waals surface area (Å²) in [5.74, 6) is 12.7. The zero-order valence-corrected chi connectivity index (χ0v) is 28.5. The van der Waals surface area contributed by atoms with E-state index in [2.05, 4.69) is 48.9 Å². The number of fused-ring (bicyclic) bond motifs is 1. The van der Waals surface area contributed by atoms with Crippen molar-refractivity contribution in [3.8, 4) is 23.7 Å². The molecule has 2 atom stereocenters. The fraction of sp³-hybridized carbons (Fsp3) is 0.639. The van der Waals surface area contributed by atoms with Crippen molar-refractivity contribution in [3.05, 3.63) is 29.6 Å². The SMILES string of the molecule is CC#CCN1CC(F)(COC(=O)N2CCC(Nc3cc(C4=CCOCC4)nc4c(C(C)C)cnn34)CC2CC2(F)CN(CC#CC)C2)C1. The first-order valence-electron chi connectivity index (χ1n) is 17.1. The number of alkyl halides is 2. The van der Waals surface area contributed by atoms with Gasteiger partial charge in [-0.05, 0) is 44.6 Å². The van der Waals surface area contributed by atoms with Gasteiger partial charge in [-0.25, -0.2) is 18.6 Å². The van der Waals surface area contributed by atoms with E-state index in [1.807, 2.05) is 26.6 Å². The lowest BCUT2D eigenvalue weighted by atomic mass is 9.84. The molecule has 258 valence electrons. The van der Waals surface area contributed by atoms with Gasteiger partial charge in [0.25, 0.3) is 0 Å². The number of anilines is 1. The van der Waals surface area contributed by atoms with E-state index < -0.39 is 23.5 Å². The van der Waals surface area contributed by atoms with Gasteiger partial charge in [0.05, 0.1) is 38.2 Å². The van der Waals surface area contributed by atoms with Crippen LogP contribution in [-0.2, 0) is 9.47 Å². The summed E-state index contributed by atoms with van der Waals surface area (Å²) < 4.78 is 44.3. The Bertz CT molecular complexity index is 1640. The number of amides is 1. The summed E-state index contributed by atoms with van der Waals surface area (Å²) in [6.45, 7) is 10.9. The number of ether oxygens (including phenoxy) is 2. The quantitative estimate of drug-likeness (QED) is 0.372. The molecule has 0 spiro atoms. The molecule has 4 aliphatic heterocycles. The van der Waals surface area contributed by atoms with Crippen molar-refractivity contribution in [2.24, 2.45) is 0 Å². The van der Waals surface area contributed by atoms with E-state index in [0.29, 0.717) is 45.7 Å². The lowest BCUT2D eigenvalue weighted by Crippen LogP contribution is -2.63. The second-order valence-electron chi connectivity index (χ2n) is 14.0. The monoisotopic (exact) mass is 663 g/mol. The van der Waals surface area contributed by atoms with Crippen molar-refractivity contribution in [1.29, 1.82) is 0 Å². The zero-order valence-electron chi connectivity index (χ0n) is 28.5. The maximum Gasteiger partial charge on any atom is 0.410 e. The van der Waals surface area contributed by atoms with E-state index in [4.69, 9.17) is 19.6 Å². The van der Waals surface area contributed by atoms with Gasteiger partial charge >= 0.3 is 6.09 Å². The van der Waals surface area contributed by atoms with Crippen LogP contribution in [0.3, 0.4) is 0 Å². The van der Waals surface area contributed by atoms with Gasteiger partial charge in [-0.2, -0.15) is 9.61 Å². The average Bonchev–Trinajstić information content (AvgIpc) is 3.49. The molecule has 10 nitrogen and oxygen atoms in total. The standard InChI is InChI=1S/C36H47F2N7O3/c1-5-7-12-42-21-35(37,22-42)19-29-17-28(9-14-44(29)34(46)48-25-36(38)23-43(24-36)13-8-6-2)40-32-18-31(27-10-15-47-16-11-27)41-33-30(26(3)4)20-39-45(32)33/h10,18,20,26,28-29,40H,9,11-17,19,21-25H2,1-4H3. The highest BCUT2D eigenvalue weighted by atomic mass is 19.1. The molecule has 2 aromatic heterocycles. The molecular formula is C36H47F2N7O3. The van der Waals surface area contributed by atoms with Crippen LogP contribution < -0.4 is 5.32 Å². The molecule has 0 bridgehead atoms. The van der Waals surface area contributed by atoms with Gasteiger partial charge in [-0.3, -0.25) is 9.80 Å². The van der Waals surface area contributed by atoms with Gasteiger partial charge in [0.1, 0.15) is 18.1 Å². The Morgan fingerprint density at radius 3 is 2.48 bits per heavy atom. The Morgan fingerprint density at radius 2 is 1.83 bits per heavy atom. The number of piperidine rings is 1. The molecule has 0 aromatic carbocycles. The first kappa shape index (κ1) is 34.2. The first-order valence-corrected chi connectivity index (χ1v) is 17.1. The Labute approximate surface area is 282 Å². The predicted molar refractivity (Wildman–Crippen MR) is 181 cm³/mol. The smallest absolute Gasteiger partial charge is 0.410 e. The molecule has 0 aliphatic carbocycles. The molecule has 1 amide bonds. The Kier molecular flexibility index (Phi) is 10.3. The van der Waals surface area contributed by atoms with Gasteiger partial charge in [-0.15, -0.1) is 11.8 Å². The zero-order chi connectivity index (χ0) is 33.9. The molecule has 6 heterocycles. The van der Waals surface area contributed by atoms with Crippen molar-refractivity contribution in [2.45, 2.75) is 82.7 Å². The number of halogens is 2. The molecule has 2 unspecified atom stereocenters. The van der Waals surface area contributed by atoms with Crippen LogP contribution in [0.1, 0.15) is 70.6 Å². The molecule has 0 radical (unpaired) electrons. The predicted octanol–water partition coefficient (Wildman–Crippen LogP) is 4.52. The second kappa shape index (κ2) is 14.4. The number of carbonyl (C=O) groups excluding carboxylic acids is 1. The molecule has 3 saturated heterocycles. The van der Waals surface area contributed by atoms with E-state index in [-0.39, 0.29) is 51.2 Å². The minimum Gasteiger partial charge on any atom is -0.446 e. The summed E-state index contributed by atoms with van der Waals surface area (Å²) in [5, 5.41) is 8.39. The third-order valence-corrected chi connectivity index (χ3v) is 9.76. The van der Waals surface area contributed by atoms with Gasteiger partial charge in [0.15, 0.2) is 11.3 Å². The molecular weight excluding hydrogens is 616 g/mol. The topological polar surface area (TPSA) is 87.5 Å². The van der Waals surface area contributed by atoms with Gasteiger partial charge in [-0.1, -0.05) is 31.8 Å². The van der Waals surface area contributed by atoms with Crippen LogP contribution in [0.5, 0.6) is 0 Å². The highest BCUT2D eigenvalue weighted by Gasteiger charge is 2.48. The van der Waals surface area contributed by atoms with Crippen molar-refractivity contribution in [1.82, 2.24) is 29.3 Å². The highest BCUT2D eigenvalue weighted by Crippen LogP contribution is 2.36. The average molecular weight is 664 g/mol. The maximum atomic E-state index is 16.1. The lowest BCUT2D eigenvalue weighted by Gasteiger charge is -2.48. The van der Waals surface area contributed by atoms with Crippen LogP contribution in [0, 0.1) is 23.7 Å². The molecule has 4 aliphatic rings. The summed E-state index contributed by atoms with van der Waals surface area (Å²) in [6, 6.07) is 1.53. The molecule has 1 N–H and O–H groups in total. The van der Waals surface area contributed by atoms with E-state index in [0.717, 1.165) is 34.7 Å². The lowest BCUT2D eigenvalue weighted by molar-refractivity contribution is -0.0759. The largest absolute Gasteiger partial charge is 0.446 e. The molecule has 6 rings (SSSR count). The number of hydrogen-bond donors (Lipinski definition) is 1. The fourth-order valence-corrected chi connectivity index (χ4v) is 7.27. The van der Waals surface area contributed by atoms with Crippen LogP contribution in [0.4, 0.5) is 19.4 Å². The van der Waals surface area contributed by atoms with Gasteiger partial charge in [0.2, 0.25) is 0 Å². The number of carbonyl (C=O) groups is 1. The summed E-state index contributed by atoms with van der Waals surface area (Å²) in [4.78, 5) is 23.9. The summed E-state index contributed by atoms with van der Waals surface area (Å²) >= 11 is 0. The molecule has 12 heteroatoms. The van der Waals surface area contributed by atoms with E-state index in [1.165, 1.54) is 0 Å². The number of nitrogens with one attached hydrogen (secondary N) is 1. The van der Waals surface area contributed by atoms with Gasteiger partial charge in [0, 0.05) is 62.9 Å². The number of hydrogen-bond acceptors (Lipinski definition) is 8. The Morgan fingerprint density at radius 1 is 1.12 bits per heavy atom. The van der Waals surface area contributed by atoms with Crippen LogP contribution in [-0.4, -0.2) is 124 Å². The fourth-order valence-electron chi connectivity index (χ4n) is 7.27. The van der Waals surface area contributed by atoms with Crippen molar-refractivity contribution in [2.75, 3.05) is 71.0 Å². The van der Waals surface area contributed by atoms with E-state index >= 15 is 8.78 Å². The minimum atomic E-state index is -1.60. The Balaban J connectivity index is 1.19. The van der Waals surface area contributed by atoms with Crippen molar-refractivity contribution in [3.63, 3.8) is 0 Å². The van der Waals surface area contributed by atoms with Crippen LogP contribution in [0.2, 0.25) is 0 Å². The van der Waals surface area contributed by atoms with Crippen LogP contribution in [0.15, 0.2) is 18.3 Å². The minimum absolute atomic E-state index is 0.0639. The summed E-state index contributed by atoms with van der Waals surface area (Å²) in [6.07, 6.45) is 5.43. The normalized spacial score (nSPS) is 23.6. The highest BCUT2D eigenvalue weighted by molar-refractivity contribution is 5.70. The summed E-state index contributed by atoms with van der Waals surface area (Å²) in [7, 11) is 0. The van der Waals surface area contributed by atoms with Crippen LogP contribution in [0.25, 0.3) is 11.2 Å².